The van der Waals surface area contributed by atoms with Crippen molar-refractivity contribution in [2.45, 2.75) is 19.4 Å². The molecule has 1 amide bonds. The summed E-state index contributed by atoms with van der Waals surface area (Å²) in [5.74, 6) is 0.704. The van der Waals surface area contributed by atoms with E-state index in [0.717, 1.165) is 11.1 Å². The summed E-state index contributed by atoms with van der Waals surface area (Å²) in [6.07, 6.45) is 5.73. The monoisotopic (exact) mass is 401 g/mol. The summed E-state index contributed by atoms with van der Waals surface area (Å²) in [5.41, 5.74) is 1.80. The van der Waals surface area contributed by atoms with Gasteiger partial charge in [0, 0.05) is 25.0 Å². The first-order valence-corrected chi connectivity index (χ1v) is 9.08. The Kier molecular flexibility index (Phi) is 6.63. The molecule has 2 heterocycles. The number of benzene rings is 1. The molecule has 0 spiro atoms. The Morgan fingerprint density at radius 2 is 1.85 bits per heavy atom. The number of rotatable bonds is 7. The highest BCUT2D eigenvalue weighted by Gasteiger charge is 2.11. The number of halogens is 2. The Balaban J connectivity index is 1.60. The quantitative estimate of drug-likeness (QED) is 0.609. The zero-order valence-corrected chi connectivity index (χ0v) is 15.9. The number of hydrogen-bond acceptors (Lipinski definition) is 4. The van der Waals surface area contributed by atoms with Gasteiger partial charge in [0.05, 0.1) is 10.0 Å². The maximum absolute atomic E-state index is 12.3. The Hall–Kier alpha value is -2.63. The molecule has 0 aliphatic heterocycles. The molecule has 3 aromatic rings. The van der Waals surface area contributed by atoms with Gasteiger partial charge in [0.25, 0.3) is 0 Å². The van der Waals surface area contributed by atoms with Gasteiger partial charge in [-0.2, -0.15) is 0 Å². The predicted molar refractivity (Wildman–Crippen MR) is 106 cm³/mol. The van der Waals surface area contributed by atoms with Crippen LogP contribution in [0.4, 0.5) is 5.82 Å². The number of aryl methyl sites for hydroxylation is 1. The van der Waals surface area contributed by atoms with E-state index in [0.29, 0.717) is 34.6 Å². The second-order valence-electron chi connectivity index (χ2n) is 5.76. The van der Waals surface area contributed by atoms with Crippen molar-refractivity contribution in [1.82, 2.24) is 9.97 Å². The summed E-state index contributed by atoms with van der Waals surface area (Å²) >= 11 is 12.2. The molecule has 0 unspecified atom stereocenters. The molecule has 0 radical (unpaired) electrons. The van der Waals surface area contributed by atoms with Gasteiger partial charge in [0.15, 0.2) is 11.6 Å². The van der Waals surface area contributed by atoms with E-state index in [-0.39, 0.29) is 12.3 Å². The highest BCUT2D eigenvalue weighted by molar-refractivity contribution is 6.42. The molecule has 1 N–H and O–H groups in total. The van der Waals surface area contributed by atoms with E-state index in [2.05, 4.69) is 15.3 Å². The number of nitrogens with one attached hydrogen (secondary N) is 1. The first-order valence-electron chi connectivity index (χ1n) is 8.33. The highest BCUT2D eigenvalue weighted by atomic mass is 35.5. The van der Waals surface area contributed by atoms with Crippen molar-refractivity contribution in [2.24, 2.45) is 0 Å². The number of amides is 1. The summed E-state index contributed by atoms with van der Waals surface area (Å²) in [4.78, 5) is 20.5. The van der Waals surface area contributed by atoms with Gasteiger partial charge in [-0.3, -0.25) is 9.78 Å². The van der Waals surface area contributed by atoms with Crippen molar-refractivity contribution in [2.75, 3.05) is 5.32 Å². The van der Waals surface area contributed by atoms with Gasteiger partial charge in [-0.15, -0.1) is 0 Å². The van der Waals surface area contributed by atoms with Crippen molar-refractivity contribution >= 4 is 34.9 Å². The second kappa shape index (κ2) is 9.35. The third-order valence-corrected chi connectivity index (χ3v) is 4.68. The average Bonchev–Trinajstić information content (AvgIpc) is 2.69. The van der Waals surface area contributed by atoms with Crippen LogP contribution in [0.25, 0.3) is 0 Å². The Bertz CT molecular complexity index is 920. The third-order valence-electron chi connectivity index (χ3n) is 3.83. The Labute approximate surface area is 167 Å². The topological polar surface area (TPSA) is 64.1 Å². The summed E-state index contributed by atoms with van der Waals surface area (Å²) in [6.45, 7) is 0.356. The van der Waals surface area contributed by atoms with Crippen molar-refractivity contribution < 1.29 is 9.53 Å². The Morgan fingerprint density at radius 1 is 1.04 bits per heavy atom. The zero-order chi connectivity index (χ0) is 19.1. The van der Waals surface area contributed by atoms with Gasteiger partial charge >= 0.3 is 0 Å². The van der Waals surface area contributed by atoms with E-state index >= 15 is 0 Å². The molecule has 7 heteroatoms. The first kappa shape index (κ1) is 19.1. The molecule has 5 nitrogen and oxygen atoms in total. The number of nitrogens with zero attached hydrogens (tertiary/aromatic N) is 2. The summed E-state index contributed by atoms with van der Waals surface area (Å²) in [7, 11) is 0. The van der Waals surface area contributed by atoms with Gasteiger partial charge in [-0.05, 0) is 47.9 Å². The maximum atomic E-state index is 12.3. The lowest BCUT2D eigenvalue weighted by Crippen LogP contribution is -2.14. The first-order chi connectivity index (χ1) is 13.1. The van der Waals surface area contributed by atoms with Crippen LogP contribution < -0.4 is 10.1 Å². The number of anilines is 1. The van der Waals surface area contributed by atoms with Crippen LogP contribution in [0, 0.1) is 0 Å². The summed E-state index contributed by atoms with van der Waals surface area (Å²) < 4.78 is 5.78. The fourth-order valence-electron chi connectivity index (χ4n) is 2.43. The van der Waals surface area contributed by atoms with E-state index in [1.807, 2.05) is 24.3 Å². The van der Waals surface area contributed by atoms with Crippen LogP contribution in [-0.2, 0) is 17.8 Å². The molecule has 0 bridgehead atoms. The molecule has 0 saturated carbocycles. The van der Waals surface area contributed by atoms with E-state index in [1.165, 1.54) is 0 Å². The second-order valence-corrected chi connectivity index (χ2v) is 6.54. The largest absolute Gasteiger partial charge is 0.485 e. The summed E-state index contributed by atoms with van der Waals surface area (Å²) in [6, 6.07) is 12.6. The van der Waals surface area contributed by atoms with Gasteiger partial charge in [-0.1, -0.05) is 35.3 Å². The van der Waals surface area contributed by atoms with Gasteiger partial charge in [0.2, 0.25) is 5.91 Å². The molecule has 0 fully saturated rings. The molecule has 0 aliphatic rings. The lowest BCUT2D eigenvalue weighted by atomic mass is 10.1. The molecule has 0 saturated heterocycles. The maximum Gasteiger partial charge on any atom is 0.225 e. The van der Waals surface area contributed by atoms with Crippen molar-refractivity contribution in [3.05, 3.63) is 82.2 Å². The van der Waals surface area contributed by atoms with E-state index in [4.69, 9.17) is 27.9 Å². The normalized spacial score (nSPS) is 10.4. The lowest BCUT2D eigenvalue weighted by molar-refractivity contribution is -0.116. The van der Waals surface area contributed by atoms with Crippen LogP contribution >= 0.6 is 23.2 Å². The molecular weight excluding hydrogens is 385 g/mol. The minimum Gasteiger partial charge on any atom is -0.485 e. The predicted octanol–water partition coefficient (Wildman–Crippen LogP) is 4.93. The fraction of sp³-hybridized carbons (Fsp3) is 0.150. The van der Waals surface area contributed by atoms with E-state index in [9.17, 15) is 4.79 Å². The minimum atomic E-state index is -0.182. The number of pyridine rings is 2. The van der Waals surface area contributed by atoms with Gasteiger partial charge < -0.3 is 10.1 Å². The minimum absolute atomic E-state index is 0.182. The van der Waals surface area contributed by atoms with Crippen molar-refractivity contribution in [1.29, 1.82) is 0 Å². The van der Waals surface area contributed by atoms with E-state index < -0.39 is 0 Å². The number of hydrogen-bond donors (Lipinski definition) is 1. The molecule has 138 valence electrons. The standard InChI is InChI=1S/C20H17Cl2N3O2/c21-16-4-1-3-15(19(16)22)6-7-18(26)25-20-17(5-2-10-24-20)27-13-14-8-11-23-12-9-14/h1-5,8-12H,6-7,13H2,(H,24,25,26). The fourth-order valence-corrected chi connectivity index (χ4v) is 2.84. The molecule has 1 aromatic carbocycles. The average molecular weight is 402 g/mol. The molecule has 2 aromatic heterocycles. The van der Waals surface area contributed by atoms with Gasteiger partial charge in [-0.25, -0.2) is 4.98 Å². The SMILES string of the molecule is O=C(CCc1cccc(Cl)c1Cl)Nc1ncccc1OCc1ccncc1. The van der Waals surface area contributed by atoms with Crippen LogP contribution in [0.15, 0.2) is 61.1 Å². The highest BCUT2D eigenvalue weighted by Crippen LogP contribution is 2.27. The van der Waals surface area contributed by atoms with E-state index in [1.54, 1.807) is 36.8 Å². The smallest absolute Gasteiger partial charge is 0.225 e. The van der Waals surface area contributed by atoms with Crippen molar-refractivity contribution in [3.63, 3.8) is 0 Å². The zero-order valence-electron chi connectivity index (χ0n) is 14.4. The molecule has 27 heavy (non-hydrogen) atoms. The number of aromatic nitrogens is 2. The lowest BCUT2D eigenvalue weighted by Gasteiger charge is -2.12. The number of carbonyl (C=O) groups excluding carboxylic acids is 1. The van der Waals surface area contributed by atoms with Crippen LogP contribution in [-0.4, -0.2) is 15.9 Å². The molecule has 3 rings (SSSR count). The molecule has 0 atom stereocenters. The summed E-state index contributed by atoms with van der Waals surface area (Å²) in [5, 5.41) is 3.74. The molecule has 0 aliphatic carbocycles. The molecular formula is C20H17Cl2N3O2. The Morgan fingerprint density at radius 3 is 2.67 bits per heavy atom. The van der Waals surface area contributed by atoms with Crippen LogP contribution in [0.1, 0.15) is 17.5 Å². The number of ether oxygens (including phenoxy) is 1. The van der Waals surface area contributed by atoms with Crippen molar-refractivity contribution in [3.8, 4) is 5.75 Å². The van der Waals surface area contributed by atoms with Gasteiger partial charge in [0.1, 0.15) is 6.61 Å². The van der Waals surface area contributed by atoms with Crippen LogP contribution in [0.2, 0.25) is 10.0 Å². The third kappa shape index (κ3) is 5.42. The van der Waals surface area contributed by atoms with Crippen LogP contribution in [0.5, 0.6) is 5.75 Å². The van der Waals surface area contributed by atoms with Crippen LogP contribution in [0.3, 0.4) is 0 Å². The number of carbonyl (C=O) groups is 1.